The molecule has 0 aliphatic heterocycles. The van der Waals surface area contributed by atoms with Crippen molar-refractivity contribution >= 4 is 0 Å². The van der Waals surface area contributed by atoms with Gasteiger partial charge < -0.3 is 10.3 Å². The van der Waals surface area contributed by atoms with Gasteiger partial charge in [-0.05, 0) is 19.8 Å². The van der Waals surface area contributed by atoms with Crippen LogP contribution in [0.1, 0.15) is 30.8 Å². The van der Waals surface area contributed by atoms with Crippen LogP contribution in [0.25, 0.3) is 0 Å². The van der Waals surface area contributed by atoms with Crippen LogP contribution in [0.4, 0.5) is 0 Å². The van der Waals surface area contributed by atoms with E-state index in [-0.39, 0.29) is 0 Å². The number of nitrogens with one attached hydrogen (secondary N) is 2. The smallest absolute Gasteiger partial charge is 0.103 e. The molecule has 0 radical (unpaired) electrons. The van der Waals surface area contributed by atoms with E-state index in [1.54, 1.807) is 0 Å². The van der Waals surface area contributed by atoms with E-state index >= 15 is 0 Å². The fraction of sp³-hybridized carbons (Fsp3) is 0.667. The van der Waals surface area contributed by atoms with E-state index in [0.717, 1.165) is 18.4 Å². The van der Waals surface area contributed by atoms with Gasteiger partial charge in [-0.3, -0.25) is 0 Å². The summed E-state index contributed by atoms with van der Waals surface area (Å²) in [6.07, 6.45) is 5.97. The molecule has 2 rings (SSSR count). The molecule has 1 heterocycles. The summed E-state index contributed by atoms with van der Waals surface area (Å²) in [6, 6.07) is 0.758. The summed E-state index contributed by atoms with van der Waals surface area (Å²) in [7, 11) is 0. The van der Waals surface area contributed by atoms with Gasteiger partial charge in [0.15, 0.2) is 0 Å². The molecule has 0 saturated heterocycles. The third-order valence-corrected chi connectivity index (χ3v) is 2.44. The van der Waals surface area contributed by atoms with E-state index in [0.29, 0.717) is 0 Å². The van der Waals surface area contributed by atoms with Gasteiger partial charge in [0, 0.05) is 24.5 Å². The van der Waals surface area contributed by atoms with Gasteiger partial charge in [-0.1, -0.05) is 6.42 Å². The summed E-state index contributed by atoms with van der Waals surface area (Å²) in [4.78, 5) is 7.35. The number of imidazole rings is 1. The molecule has 12 heavy (non-hydrogen) atoms. The molecule has 1 aromatic rings. The number of hydrogen-bond acceptors (Lipinski definition) is 2. The van der Waals surface area contributed by atoms with E-state index in [1.165, 1.54) is 25.0 Å². The Bertz CT molecular complexity index is 250. The first-order chi connectivity index (χ1) is 5.84. The van der Waals surface area contributed by atoms with Crippen LogP contribution in [0.15, 0.2) is 6.20 Å². The molecule has 0 amide bonds. The third kappa shape index (κ3) is 1.67. The maximum absolute atomic E-state index is 4.14. The normalized spacial score (nSPS) is 17.8. The van der Waals surface area contributed by atoms with Crippen LogP contribution in [-0.4, -0.2) is 16.0 Å². The molecule has 66 valence electrons. The average Bonchev–Trinajstić information content (AvgIpc) is 2.32. The number of aromatic amines is 1. The second-order valence-electron chi connectivity index (χ2n) is 3.50. The predicted molar refractivity (Wildman–Crippen MR) is 47.8 cm³/mol. The van der Waals surface area contributed by atoms with Crippen molar-refractivity contribution in [1.29, 1.82) is 0 Å². The minimum Gasteiger partial charge on any atom is -0.345 e. The molecule has 1 aromatic heterocycles. The molecule has 1 aliphatic rings. The monoisotopic (exact) mass is 165 g/mol. The molecule has 3 nitrogen and oxygen atoms in total. The minimum atomic E-state index is 0.758. The molecule has 0 bridgehead atoms. The fourth-order valence-corrected chi connectivity index (χ4v) is 1.43. The molecule has 0 unspecified atom stereocenters. The molecule has 2 N–H and O–H groups in total. The topological polar surface area (TPSA) is 40.7 Å². The van der Waals surface area contributed by atoms with Crippen LogP contribution in [0.3, 0.4) is 0 Å². The summed E-state index contributed by atoms with van der Waals surface area (Å²) in [6.45, 7) is 2.92. The van der Waals surface area contributed by atoms with E-state index in [9.17, 15) is 0 Å². The lowest BCUT2D eigenvalue weighted by Gasteiger charge is -2.26. The van der Waals surface area contributed by atoms with Gasteiger partial charge in [-0.2, -0.15) is 0 Å². The molecule has 1 fully saturated rings. The van der Waals surface area contributed by atoms with Crippen molar-refractivity contribution in [2.45, 2.75) is 38.8 Å². The van der Waals surface area contributed by atoms with Crippen molar-refractivity contribution < 1.29 is 0 Å². The van der Waals surface area contributed by atoms with Gasteiger partial charge in [0.1, 0.15) is 5.82 Å². The SMILES string of the molecule is Cc1ncc(CNC2CCC2)[nH]1. The van der Waals surface area contributed by atoms with Crippen molar-refractivity contribution in [3.05, 3.63) is 17.7 Å². The van der Waals surface area contributed by atoms with Gasteiger partial charge in [-0.15, -0.1) is 0 Å². The molecule has 1 saturated carbocycles. The zero-order valence-corrected chi connectivity index (χ0v) is 7.43. The molecule has 0 spiro atoms. The van der Waals surface area contributed by atoms with Crippen molar-refractivity contribution in [3.8, 4) is 0 Å². The van der Waals surface area contributed by atoms with Crippen molar-refractivity contribution in [1.82, 2.24) is 15.3 Å². The molecule has 0 atom stereocenters. The Hall–Kier alpha value is -0.830. The second kappa shape index (κ2) is 3.27. The van der Waals surface area contributed by atoms with E-state index in [2.05, 4.69) is 15.3 Å². The Balaban J connectivity index is 1.79. The zero-order valence-electron chi connectivity index (χ0n) is 7.43. The molecule has 3 heteroatoms. The van der Waals surface area contributed by atoms with Crippen molar-refractivity contribution in [2.75, 3.05) is 0 Å². The lowest BCUT2D eigenvalue weighted by Crippen LogP contribution is -2.34. The lowest BCUT2D eigenvalue weighted by atomic mass is 9.93. The molecular weight excluding hydrogens is 150 g/mol. The Morgan fingerprint density at radius 1 is 1.67 bits per heavy atom. The summed E-state index contributed by atoms with van der Waals surface area (Å²) >= 11 is 0. The van der Waals surface area contributed by atoms with Crippen LogP contribution < -0.4 is 5.32 Å². The molecule has 1 aliphatic carbocycles. The highest BCUT2D eigenvalue weighted by atomic mass is 15.0. The maximum Gasteiger partial charge on any atom is 0.103 e. The van der Waals surface area contributed by atoms with Crippen LogP contribution in [0, 0.1) is 6.92 Å². The summed E-state index contributed by atoms with van der Waals surface area (Å²) in [5.41, 5.74) is 1.19. The quantitative estimate of drug-likeness (QED) is 0.710. The Labute approximate surface area is 72.6 Å². The average molecular weight is 165 g/mol. The first kappa shape index (κ1) is 7.80. The van der Waals surface area contributed by atoms with Crippen molar-refractivity contribution in [2.24, 2.45) is 0 Å². The highest BCUT2D eigenvalue weighted by Gasteiger charge is 2.16. The highest BCUT2D eigenvalue weighted by Crippen LogP contribution is 2.18. The predicted octanol–water partition coefficient (Wildman–Crippen LogP) is 1.36. The van der Waals surface area contributed by atoms with E-state index < -0.39 is 0 Å². The fourth-order valence-electron chi connectivity index (χ4n) is 1.43. The lowest BCUT2D eigenvalue weighted by molar-refractivity contribution is 0.337. The number of nitrogens with zero attached hydrogens (tertiary/aromatic N) is 1. The van der Waals surface area contributed by atoms with Gasteiger partial charge in [-0.25, -0.2) is 4.98 Å². The Kier molecular flexibility index (Phi) is 2.13. The highest BCUT2D eigenvalue weighted by molar-refractivity contribution is 4.99. The largest absolute Gasteiger partial charge is 0.345 e. The Morgan fingerprint density at radius 3 is 3.00 bits per heavy atom. The van der Waals surface area contributed by atoms with Crippen molar-refractivity contribution in [3.63, 3.8) is 0 Å². The van der Waals surface area contributed by atoms with Crippen LogP contribution in [-0.2, 0) is 6.54 Å². The zero-order chi connectivity index (χ0) is 8.39. The van der Waals surface area contributed by atoms with Gasteiger partial charge in [0.05, 0.1) is 0 Å². The first-order valence-corrected chi connectivity index (χ1v) is 4.58. The van der Waals surface area contributed by atoms with Crippen LogP contribution in [0.2, 0.25) is 0 Å². The third-order valence-electron chi connectivity index (χ3n) is 2.44. The Morgan fingerprint density at radius 2 is 2.50 bits per heavy atom. The van der Waals surface area contributed by atoms with E-state index in [4.69, 9.17) is 0 Å². The number of H-pyrrole nitrogens is 1. The van der Waals surface area contributed by atoms with Crippen LogP contribution >= 0.6 is 0 Å². The minimum absolute atomic E-state index is 0.758. The number of hydrogen-bond donors (Lipinski definition) is 2. The number of aromatic nitrogens is 2. The van der Waals surface area contributed by atoms with Gasteiger partial charge in [0.2, 0.25) is 0 Å². The number of aryl methyl sites for hydroxylation is 1. The summed E-state index contributed by atoms with van der Waals surface area (Å²) in [5.74, 6) is 1.00. The summed E-state index contributed by atoms with van der Waals surface area (Å²) < 4.78 is 0. The maximum atomic E-state index is 4.14. The van der Waals surface area contributed by atoms with Gasteiger partial charge >= 0.3 is 0 Å². The first-order valence-electron chi connectivity index (χ1n) is 4.58. The van der Waals surface area contributed by atoms with E-state index in [1.807, 2.05) is 13.1 Å². The standard InChI is InChI=1S/C9H15N3/c1-7-10-5-9(12-7)6-11-8-3-2-4-8/h5,8,11H,2-4,6H2,1H3,(H,10,12). The summed E-state index contributed by atoms with van der Waals surface area (Å²) in [5, 5.41) is 3.48. The molecular formula is C9H15N3. The molecule has 0 aromatic carbocycles. The van der Waals surface area contributed by atoms with Crippen LogP contribution in [0.5, 0.6) is 0 Å². The second-order valence-corrected chi connectivity index (χ2v) is 3.50. The van der Waals surface area contributed by atoms with Gasteiger partial charge in [0.25, 0.3) is 0 Å². The number of rotatable bonds is 3.